The second-order valence-corrected chi connectivity index (χ2v) is 6.29. The van der Waals surface area contributed by atoms with Crippen molar-refractivity contribution < 1.29 is 26.0 Å². The highest BCUT2D eigenvalue weighted by molar-refractivity contribution is 8.00. The third kappa shape index (κ3) is 3.19. The molecule has 0 amide bonds. The van der Waals surface area contributed by atoms with Crippen LogP contribution in [0.25, 0.3) is 4.91 Å². The highest BCUT2D eigenvalue weighted by Crippen LogP contribution is 2.33. The molecule has 0 N–H and O–H groups in total. The minimum absolute atomic E-state index is 0.197. The summed E-state index contributed by atoms with van der Waals surface area (Å²) >= 11 is 0. The Morgan fingerprint density at radius 1 is 0.955 bits per heavy atom. The van der Waals surface area contributed by atoms with Gasteiger partial charge in [0.1, 0.15) is 11.2 Å². The molecule has 0 aromatic heterocycles. The zero-order valence-electron chi connectivity index (χ0n) is 11.0. The molecule has 2 aromatic rings. The van der Waals surface area contributed by atoms with Gasteiger partial charge in [0.2, 0.25) is 9.84 Å². The van der Waals surface area contributed by atoms with E-state index in [-0.39, 0.29) is 16.8 Å². The van der Waals surface area contributed by atoms with Crippen LogP contribution in [-0.4, -0.2) is 8.42 Å². The fourth-order valence-electron chi connectivity index (χ4n) is 1.85. The Morgan fingerprint density at radius 2 is 1.59 bits per heavy atom. The highest BCUT2D eigenvalue weighted by atomic mass is 32.2. The van der Waals surface area contributed by atoms with Crippen LogP contribution in [0.5, 0.6) is 0 Å². The monoisotopic (exact) mass is 330 g/mol. The molecule has 2 rings (SSSR count). The Balaban J connectivity index is 2.55. The van der Waals surface area contributed by atoms with Crippen molar-refractivity contribution in [2.75, 3.05) is 0 Å². The third-order valence-corrected chi connectivity index (χ3v) is 4.71. The van der Waals surface area contributed by atoms with Gasteiger partial charge < -0.3 is 0 Å². The van der Waals surface area contributed by atoms with Gasteiger partial charge in [0.15, 0.2) is 0 Å². The van der Waals surface area contributed by atoms with Crippen LogP contribution in [0.1, 0.15) is 11.1 Å². The third-order valence-electron chi connectivity index (χ3n) is 2.92. The van der Waals surface area contributed by atoms with Crippen LogP contribution >= 0.6 is 0 Å². The molecule has 0 radical (unpaired) electrons. The van der Waals surface area contributed by atoms with E-state index in [1.165, 1.54) is 24.3 Å². The summed E-state index contributed by atoms with van der Waals surface area (Å²) in [5, 5.41) is 0. The Hall–Kier alpha value is -2.15. The van der Waals surface area contributed by atoms with E-state index in [9.17, 15) is 26.0 Å². The lowest BCUT2D eigenvalue weighted by molar-refractivity contribution is -0.137. The summed E-state index contributed by atoms with van der Waals surface area (Å²) in [6, 6.07) is 10.5. The van der Waals surface area contributed by atoms with E-state index in [0.29, 0.717) is 6.07 Å². The standard InChI is InChI=1S/C15H10F4O2S/c16-10-14(22(20,21)13-7-2-1-3-8-13)11-5-4-6-12(9-11)15(17,18)19/h1-10H/b14-10+. The van der Waals surface area contributed by atoms with Crippen LogP contribution < -0.4 is 0 Å². The molecule has 0 unspecified atom stereocenters. The van der Waals surface area contributed by atoms with Gasteiger partial charge in [-0.05, 0) is 29.8 Å². The number of benzene rings is 2. The zero-order valence-corrected chi connectivity index (χ0v) is 11.8. The first-order valence-electron chi connectivity index (χ1n) is 6.05. The summed E-state index contributed by atoms with van der Waals surface area (Å²) in [7, 11) is -4.25. The number of rotatable bonds is 3. The van der Waals surface area contributed by atoms with E-state index in [1.807, 2.05) is 0 Å². The van der Waals surface area contributed by atoms with Crippen LogP contribution in [0.15, 0.2) is 65.8 Å². The smallest absolute Gasteiger partial charge is 0.218 e. The molecule has 116 valence electrons. The van der Waals surface area contributed by atoms with Crippen molar-refractivity contribution in [1.82, 2.24) is 0 Å². The first-order chi connectivity index (χ1) is 10.3. The van der Waals surface area contributed by atoms with Gasteiger partial charge in [0, 0.05) is 0 Å². The lowest BCUT2D eigenvalue weighted by Gasteiger charge is -2.11. The van der Waals surface area contributed by atoms with E-state index >= 15 is 0 Å². The Kier molecular flexibility index (Phi) is 4.37. The minimum Gasteiger partial charge on any atom is -0.218 e. The lowest BCUT2D eigenvalue weighted by atomic mass is 10.1. The minimum atomic E-state index is -4.64. The number of halogens is 4. The van der Waals surface area contributed by atoms with Gasteiger partial charge in [-0.15, -0.1) is 0 Å². The highest BCUT2D eigenvalue weighted by Gasteiger charge is 2.32. The van der Waals surface area contributed by atoms with Crippen LogP contribution in [0, 0.1) is 0 Å². The Labute approximate surface area is 124 Å². The normalized spacial score (nSPS) is 13.2. The molecular weight excluding hydrogens is 320 g/mol. The molecule has 0 spiro atoms. The molecule has 0 aliphatic rings. The average molecular weight is 330 g/mol. The number of alkyl halides is 3. The van der Waals surface area contributed by atoms with E-state index in [2.05, 4.69) is 0 Å². The van der Waals surface area contributed by atoms with Crippen molar-refractivity contribution >= 4 is 14.7 Å². The Morgan fingerprint density at radius 3 is 2.14 bits per heavy atom. The van der Waals surface area contributed by atoms with Crippen molar-refractivity contribution in [1.29, 1.82) is 0 Å². The maximum Gasteiger partial charge on any atom is 0.416 e. The van der Waals surface area contributed by atoms with Crippen molar-refractivity contribution in [2.24, 2.45) is 0 Å². The first kappa shape index (κ1) is 16.2. The molecule has 0 saturated heterocycles. The topological polar surface area (TPSA) is 34.1 Å². The molecule has 22 heavy (non-hydrogen) atoms. The first-order valence-corrected chi connectivity index (χ1v) is 7.53. The second kappa shape index (κ2) is 5.92. The fraction of sp³-hybridized carbons (Fsp3) is 0.0667. The molecule has 0 heterocycles. The van der Waals surface area contributed by atoms with Crippen molar-refractivity contribution in [3.8, 4) is 0 Å². The summed E-state index contributed by atoms with van der Waals surface area (Å²) < 4.78 is 75.9. The van der Waals surface area contributed by atoms with Crippen LogP contribution in [-0.2, 0) is 16.0 Å². The van der Waals surface area contributed by atoms with Crippen molar-refractivity contribution in [3.05, 3.63) is 72.1 Å². The maximum atomic E-state index is 13.1. The van der Waals surface area contributed by atoms with Crippen molar-refractivity contribution in [3.63, 3.8) is 0 Å². The van der Waals surface area contributed by atoms with Gasteiger partial charge in [0.05, 0.1) is 10.5 Å². The molecule has 0 atom stereocenters. The van der Waals surface area contributed by atoms with Gasteiger partial charge in [0.25, 0.3) is 0 Å². The van der Waals surface area contributed by atoms with E-state index in [0.717, 1.165) is 18.2 Å². The molecule has 0 saturated carbocycles. The quantitative estimate of drug-likeness (QED) is 0.779. The summed E-state index contributed by atoms with van der Waals surface area (Å²) in [4.78, 5) is -1.01. The maximum absolute atomic E-state index is 13.1. The lowest BCUT2D eigenvalue weighted by Crippen LogP contribution is -2.08. The SMILES string of the molecule is O=S(=O)(/C(=C/F)c1cccc(C(F)(F)F)c1)c1ccccc1. The van der Waals surface area contributed by atoms with Crippen LogP contribution in [0.3, 0.4) is 0 Å². The average Bonchev–Trinajstić information content (AvgIpc) is 2.48. The van der Waals surface area contributed by atoms with Gasteiger partial charge in [-0.2, -0.15) is 13.2 Å². The summed E-state index contributed by atoms with van der Waals surface area (Å²) in [5.41, 5.74) is -1.41. The van der Waals surface area contributed by atoms with Crippen LogP contribution in [0.2, 0.25) is 0 Å². The van der Waals surface area contributed by atoms with Crippen LogP contribution in [0.4, 0.5) is 17.6 Å². The summed E-state index contributed by atoms with van der Waals surface area (Å²) in [6.45, 7) is 0. The van der Waals surface area contributed by atoms with E-state index in [4.69, 9.17) is 0 Å². The van der Waals surface area contributed by atoms with E-state index in [1.54, 1.807) is 6.07 Å². The molecule has 7 heteroatoms. The molecule has 0 bridgehead atoms. The predicted octanol–water partition coefficient (Wildman–Crippen LogP) is 4.45. The summed E-state index contributed by atoms with van der Waals surface area (Å²) in [6.07, 6.45) is -4.84. The zero-order chi connectivity index (χ0) is 16.4. The second-order valence-electron chi connectivity index (χ2n) is 4.37. The van der Waals surface area contributed by atoms with Gasteiger partial charge in [-0.1, -0.05) is 30.3 Å². The van der Waals surface area contributed by atoms with Gasteiger partial charge >= 0.3 is 6.18 Å². The number of hydrogen-bond acceptors (Lipinski definition) is 2. The number of sulfone groups is 1. The fourth-order valence-corrected chi connectivity index (χ4v) is 3.18. The molecule has 0 aliphatic heterocycles. The predicted molar refractivity (Wildman–Crippen MR) is 74.2 cm³/mol. The molecule has 2 nitrogen and oxygen atoms in total. The largest absolute Gasteiger partial charge is 0.416 e. The van der Waals surface area contributed by atoms with Gasteiger partial charge in [-0.25, -0.2) is 12.8 Å². The van der Waals surface area contributed by atoms with E-state index < -0.39 is 26.5 Å². The molecule has 2 aromatic carbocycles. The summed E-state index contributed by atoms with van der Waals surface area (Å²) in [5.74, 6) is 0. The van der Waals surface area contributed by atoms with Gasteiger partial charge in [-0.3, -0.25) is 0 Å². The molecular formula is C15H10F4O2S. The molecule has 0 aliphatic carbocycles. The van der Waals surface area contributed by atoms with Crippen molar-refractivity contribution in [2.45, 2.75) is 11.1 Å². The molecule has 0 fully saturated rings. The Bertz CT molecular complexity index is 794. The number of hydrogen-bond donors (Lipinski definition) is 0.